The Morgan fingerprint density at radius 2 is 1.82 bits per heavy atom. The number of anilines is 1. The van der Waals surface area contributed by atoms with Crippen molar-refractivity contribution in [3.05, 3.63) is 89.3 Å². The van der Waals surface area contributed by atoms with Crippen molar-refractivity contribution >= 4 is 29.1 Å². The fraction of sp³-hybridized carbons (Fsp3) is 0.182. The second-order valence-electron chi connectivity index (χ2n) is 6.75. The van der Waals surface area contributed by atoms with Gasteiger partial charge in [-0.05, 0) is 42.0 Å². The molecule has 0 aliphatic carbocycles. The second kappa shape index (κ2) is 7.90. The summed E-state index contributed by atoms with van der Waals surface area (Å²) < 4.78 is 5.53. The number of nitrogens with one attached hydrogen (secondary N) is 1. The van der Waals surface area contributed by atoms with E-state index in [0.717, 1.165) is 11.3 Å². The van der Waals surface area contributed by atoms with Crippen LogP contribution in [-0.4, -0.2) is 18.4 Å². The Hall–Kier alpha value is -3.05. The average Bonchev–Trinajstić information content (AvgIpc) is 3.37. The number of rotatable bonds is 5. The normalized spacial score (nSPS) is 17.5. The van der Waals surface area contributed by atoms with Crippen LogP contribution in [0.25, 0.3) is 0 Å². The lowest BCUT2D eigenvalue weighted by Crippen LogP contribution is -2.36. The van der Waals surface area contributed by atoms with Crippen LogP contribution in [0.2, 0.25) is 5.02 Å². The third kappa shape index (κ3) is 3.80. The minimum atomic E-state index is -0.427. The smallest absolute Gasteiger partial charge is 0.227 e. The molecule has 1 aromatic heterocycles. The standard InChI is InChI=1S/C22H19ClN2O3/c23-17-8-10-18(11-9-17)25-14-16(13-20(25)26)22(27)24-21(19-7-4-12-28-19)15-5-2-1-3-6-15/h1-12,16,21H,13-14H2,(H,24,27). The van der Waals surface area contributed by atoms with E-state index >= 15 is 0 Å². The molecule has 4 rings (SSSR count). The number of amides is 2. The molecule has 6 heteroatoms. The van der Waals surface area contributed by atoms with Crippen molar-refractivity contribution in [2.24, 2.45) is 5.92 Å². The minimum absolute atomic E-state index is 0.0725. The molecule has 1 fully saturated rings. The predicted molar refractivity (Wildman–Crippen MR) is 107 cm³/mol. The summed E-state index contributed by atoms with van der Waals surface area (Å²) in [6, 6.07) is 19.9. The van der Waals surface area contributed by atoms with Gasteiger partial charge in [0, 0.05) is 23.7 Å². The van der Waals surface area contributed by atoms with Crippen LogP contribution in [0.3, 0.4) is 0 Å². The quantitative estimate of drug-likeness (QED) is 0.705. The van der Waals surface area contributed by atoms with Crippen molar-refractivity contribution in [2.75, 3.05) is 11.4 Å². The number of carbonyl (C=O) groups is 2. The first kappa shape index (κ1) is 18.3. The molecule has 0 spiro atoms. The second-order valence-corrected chi connectivity index (χ2v) is 7.19. The number of nitrogens with zero attached hydrogens (tertiary/aromatic N) is 1. The largest absolute Gasteiger partial charge is 0.467 e. The zero-order valence-electron chi connectivity index (χ0n) is 15.0. The number of carbonyl (C=O) groups excluding carboxylic acids is 2. The van der Waals surface area contributed by atoms with Gasteiger partial charge in [-0.2, -0.15) is 0 Å². The summed E-state index contributed by atoms with van der Waals surface area (Å²) in [5.74, 6) is -0.0189. The van der Waals surface area contributed by atoms with Crippen LogP contribution < -0.4 is 10.2 Å². The molecule has 0 bridgehead atoms. The third-order valence-electron chi connectivity index (χ3n) is 4.88. The fourth-order valence-corrected chi connectivity index (χ4v) is 3.56. The lowest BCUT2D eigenvalue weighted by atomic mass is 10.0. The summed E-state index contributed by atoms with van der Waals surface area (Å²) in [6.07, 6.45) is 1.76. The van der Waals surface area contributed by atoms with Gasteiger partial charge in [-0.1, -0.05) is 41.9 Å². The van der Waals surface area contributed by atoms with Gasteiger partial charge in [0.15, 0.2) is 0 Å². The van der Waals surface area contributed by atoms with Crippen molar-refractivity contribution < 1.29 is 14.0 Å². The highest BCUT2D eigenvalue weighted by atomic mass is 35.5. The van der Waals surface area contributed by atoms with Crippen LogP contribution in [0, 0.1) is 5.92 Å². The van der Waals surface area contributed by atoms with E-state index in [9.17, 15) is 9.59 Å². The molecule has 2 aromatic carbocycles. The zero-order valence-corrected chi connectivity index (χ0v) is 15.8. The van der Waals surface area contributed by atoms with Gasteiger partial charge in [-0.15, -0.1) is 0 Å². The molecule has 1 saturated heterocycles. The van der Waals surface area contributed by atoms with Crippen molar-refractivity contribution in [1.82, 2.24) is 5.32 Å². The average molecular weight is 395 g/mol. The maximum atomic E-state index is 12.9. The monoisotopic (exact) mass is 394 g/mol. The summed E-state index contributed by atoms with van der Waals surface area (Å²) in [7, 11) is 0. The minimum Gasteiger partial charge on any atom is -0.467 e. The number of halogens is 1. The van der Waals surface area contributed by atoms with E-state index < -0.39 is 12.0 Å². The Morgan fingerprint density at radius 1 is 1.07 bits per heavy atom. The lowest BCUT2D eigenvalue weighted by molar-refractivity contribution is -0.126. The summed E-state index contributed by atoms with van der Waals surface area (Å²) in [6.45, 7) is 0.339. The van der Waals surface area contributed by atoms with E-state index in [-0.39, 0.29) is 18.2 Å². The molecule has 2 amide bonds. The predicted octanol–water partition coefficient (Wildman–Crippen LogP) is 4.19. The van der Waals surface area contributed by atoms with Crippen molar-refractivity contribution in [1.29, 1.82) is 0 Å². The van der Waals surface area contributed by atoms with Gasteiger partial charge in [0.25, 0.3) is 0 Å². The van der Waals surface area contributed by atoms with Crippen LogP contribution in [-0.2, 0) is 9.59 Å². The maximum absolute atomic E-state index is 12.9. The number of hydrogen-bond donors (Lipinski definition) is 1. The first-order chi connectivity index (χ1) is 13.6. The van der Waals surface area contributed by atoms with E-state index in [1.807, 2.05) is 36.4 Å². The molecular formula is C22H19ClN2O3. The van der Waals surface area contributed by atoms with Gasteiger partial charge in [0.1, 0.15) is 11.8 Å². The first-order valence-electron chi connectivity index (χ1n) is 9.06. The van der Waals surface area contributed by atoms with Crippen molar-refractivity contribution in [3.8, 4) is 0 Å². The Kier molecular flexibility index (Phi) is 5.17. The van der Waals surface area contributed by atoms with E-state index in [2.05, 4.69) is 5.32 Å². The highest BCUT2D eigenvalue weighted by Crippen LogP contribution is 2.28. The molecule has 5 nitrogen and oxygen atoms in total. The van der Waals surface area contributed by atoms with E-state index in [4.69, 9.17) is 16.0 Å². The first-order valence-corrected chi connectivity index (χ1v) is 9.44. The summed E-state index contributed by atoms with van der Waals surface area (Å²) in [5, 5.41) is 3.65. The summed E-state index contributed by atoms with van der Waals surface area (Å²) in [4.78, 5) is 27.0. The van der Waals surface area contributed by atoms with Crippen LogP contribution in [0.15, 0.2) is 77.4 Å². The lowest BCUT2D eigenvalue weighted by Gasteiger charge is -2.20. The highest BCUT2D eigenvalue weighted by Gasteiger charge is 2.36. The maximum Gasteiger partial charge on any atom is 0.227 e. The molecule has 0 saturated carbocycles. The number of furan rings is 1. The van der Waals surface area contributed by atoms with E-state index in [1.54, 1.807) is 41.5 Å². The van der Waals surface area contributed by atoms with E-state index in [1.165, 1.54) is 0 Å². The van der Waals surface area contributed by atoms with E-state index in [0.29, 0.717) is 17.3 Å². The van der Waals surface area contributed by atoms with Crippen LogP contribution in [0.1, 0.15) is 23.8 Å². The van der Waals surface area contributed by atoms with Gasteiger partial charge in [-0.25, -0.2) is 0 Å². The van der Waals surface area contributed by atoms with Gasteiger partial charge in [-0.3, -0.25) is 9.59 Å². The number of benzene rings is 2. The molecule has 142 valence electrons. The van der Waals surface area contributed by atoms with Crippen molar-refractivity contribution in [2.45, 2.75) is 12.5 Å². The SMILES string of the molecule is O=C(NC(c1ccccc1)c1ccco1)C1CC(=O)N(c2ccc(Cl)cc2)C1. The van der Waals surface area contributed by atoms with Gasteiger partial charge < -0.3 is 14.6 Å². The molecular weight excluding hydrogens is 376 g/mol. The van der Waals surface area contributed by atoms with Gasteiger partial charge >= 0.3 is 0 Å². The number of hydrogen-bond acceptors (Lipinski definition) is 3. The van der Waals surface area contributed by atoms with Gasteiger partial charge in [0.2, 0.25) is 11.8 Å². The molecule has 1 aliphatic rings. The zero-order chi connectivity index (χ0) is 19.5. The molecule has 1 aliphatic heterocycles. The third-order valence-corrected chi connectivity index (χ3v) is 5.13. The van der Waals surface area contributed by atoms with Crippen LogP contribution in [0.5, 0.6) is 0 Å². The molecule has 0 radical (unpaired) electrons. The molecule has 28 heavy (non-hydrogen) atoms. The molecule has 1 N–H and O–H groups in total. The molecule has 3 aromatic rings. The Labute approximate surface area is 167 Å². The van der Waals surface area contributed by atoms with Gasteiger partial charge in [0.05, 0.1) is 12.2 Å². The molecule has 2 unspecified atom stereocenters. The van der Waals surface area contributed by atoms with Crippen LogP contribution >= 0.6 is 11.6 Å². The Bertz CT molecular complexity index is 955. The summed E-state index contributed by atoms with van der Waals surface area (Å²) >= 11 is 5.92. The van der Waals surface area contributed by atoms with Crippen molar-refractivity contribution in [3.63, 3.8) is 0 Å². The Morgan fingerprint density at radius 3 is 2.50 bits per heavy atom. The van der Waals surface area contributed by atoms with Crippen LogP contribution in [0.4, 0.5) is 5.69 Å². The fourth-order valence-electron chi connectivity index (χ4n) is 3.43. The molecule has 2 atom stereocenters. The summed E-state index contributed by atoms with van der Waals surface area (Å²) in [5.41, 5.74) is 1.67. The topological polar surface area (TPSA) is 62.6 Å². The molecule has 2 heterocycles. The highest BCUT2D eigenvalue weighted by molar-refractivity contribution is 6.30. The Balaban J connectivity index is 1.51.